The van der Waals surface area contributed by atoms with E-state index in [1.165, 1.54) is 19.5 Å². The Balaban J connectivity index is 1.57. The molecule has 0 aromatic rings. The van der Waals surface area contributed by atoms with E-state index in [1.807, 2.05) is 0 Å². The fourth-order valence-electron chi connectivity index (χ4n) is 3.42. The summed E-state index contributed by atoms with van der Waals surface area (Å²) in [6.07, 6.45) is 4.62. The Labute approximate surface area is 96.8 Å². The minimum Gasteiger partial charge on any atom is -0.327 e. The summed E-state index contributed by atoms with van der Waals surface area (Å²) >= 11 is 0. The molecule has 0 aromatic carbocycles. The van der Waals surface area contributed by atoms with Gasteiger partial charge in [-0.25, -0.2) is 0 Å². The van der Waals surface area contributed by atoms with E-state index in [0.29, 0.717) is 12.1 Å². The molecule has 4 nitrogen and oxygen atoms in total. The molecule has 3 rings (SSSR count). The Kier molecular flexibility index (Phi) is 2.86. The Morgan fingerprint density at radius 1 is 1.25 bits per heavy atom. The van der Waals surface area contributed by atoms with Gasteiger partial charge in [0.05, 0.1) is 6.17 Å². The van der Waals surface area contributed by atoms with Crippen molar-refractivity contribution in [3.63, 3.8) is 0 Å². The van der Waals surface area contributed by atoms with Crippen molar-refractivity contribution in [1.82, 2.24) is 15.5 Å². The van der Waals surface area contributed by atoms with Crippen molar-refractivity contribution in [2.24, 2.45) is 11.8 Å². The van der Waals surface area contributed by atoms with Crippen LogP contribution in [-0.2, 0) is 4.79 Å². The number of nitrogens with one attached hydrogen (secondary N) is 2. The van der Waals surface area contributed by atoms with Crippen LogP contribution < -0.4 is 10.6 Å². The fraction of sp³-hybridized carbons (Fsp3) is 0.917. The van der Waals surface area contributed by atoms with Crippen molar-refractivity contribution in [3.05, 3.63) is 0 Å². The maximum absolute atomic E-state index is 11.7. The predicted molar refractivity (Wildman–Crippen MR) is 61.8 cm³/mol. The third-order valence-electron chi connectivity index (χ3n) is 4.39. The quantitative estimate of drug-likeness (QED) is 0.700. The number of hydrogen-bond acceptors (Lipinski definition) is 3. The van der Waals surface area contributed by atoms with Gasteiger partial charge in [-0.15, -0.1) is 0 Å². The monoisotopic (exact) mass is 223 g/mol. The summed E-state index contributed by atoms with van der Waals surface area (Å²) < 4.78 is 0. The van der Waals surface area contributed by atoms with E-state index < -0.39 is 0 Å². The van der Waals surface area contributed by atoms with Crippen molar-refractivity contribution in [2.75, 3.05) is 26.2 Å². The number of amides is 1. The fourth-order valence-corrected chi connectivity index (χ4v) is 3.42. The zero-order chi connectivity index (χ0) is 11.0. The molecule has 3 aliphatic heterocycles. The smallest absolute Gasteiger partial charge is 0.223 e. The van der Waals surface area contributed by atoms with Crippen LogP contribution in [0.2, 0.25) is 0 Å². The summed E-state index contributed by atoms with van der Waals surface area (Å²) in [7, 11) is 0. The summed E-state index contributed by atoms with van der Waals surface area (Å²) in [6.45, 7) is 4.41. The summed E-state index contributed by atoms with van der Waals surface area (Å²) in [5.41, 5.74) is 0. The van der Waals surface area contributed by atoms with E-state index in [1.54, 1.807) is 0 Å². The first-order valence-corrected chi connectivity index (χ1v) is 6.58. The van der Waals surface area contributed by atoms with Crippen molar-refractivity contribution < 1.29 is 4.79 Å². The zero-order valence-corrected chi connectivity index (χ0v) is 9.74. The van der Waals surface area contributed by atoms with Crippen LogP contribution in [0.25, 0.3) is 0 Å². The van der Waals surface area contributed by atoms with Crippen LogP contribution in [0.5, 0.6) is 0 Å². The molecule has 0 saturated carbocycles. The van der Waals surface area contributed by atoms with Crippen molar-refractivity contribution in [2.45, 2.75) is 31.8 Å². The number of likely N-dealkylation sites (tertiary alicyclic amines) is 1. The van der Waals surface area contributed by atoms with Gasteiger partial charge < -0.3 is 10.2 Å². The van der Waals surface area contributed by atoms with Crippen LogP contribution in [0.15, 0.2) is 0 Å². The molecule has 3 atom stereocenters. The molecule has 3 unspecified atom stereocenters. The molecule has 3 heterocycles. The van der Waals surface area contributed by atoms with E-state index >= 15 is 0 Å². The maximum atomic E-state index is 11.7. The summed E-state index contributed by atoms with van der Waals surface area (Å²) in [4.78, 5) is 13.7. The molecule has 1 amide bonds. The van der Waals surface area contributed by atoms with E-state index in [0.717, 1.165) is 44.2 Å². The highest BCUT2D eigenvalue weighted by atomic mass is 16.2. The van der Waals surface area contributed by atoms with E-state index in [4.69, 9.17) is 0 Å². The Morgan fingerprint density at radius 2 is 2.19 bits per heavy atom. The molecule has 3 aliphatic rings. The van der Waals surface area contributed by atoms with Gasteiger partial charge in [-0.3, -0.25) is 10.1 Å². The number of hydrogen-bond donors (Lipinski definition) is 2. The first kappa shape index (κ1) is 10.5. The van der Waals surface area contributed by atoms with Crippen LogP contribution in [0.4, 0.5) is 0 Å². The third-order valence-corrected chi connectivity index (χ3v) is 4.39. The second-order valence-corrected chi connectivity index (χ2v) is 5.36. The standard InChI is InChI=1S/C12H21N3O/c16-12-2-1-5-15(12)11-6-10(8-14-11)9-3-4-13-7-9/h9-11,13-14H,1-8H2. The van der Waals surface area contributed by atoms with Gasteiger partial charge in [0.15, 0.2) is 0 Å². The highest BCUT2D eigenvalue weighted by Crippen LogP contribution is 2.29. The molecule has 3 fully saturated rings. The van der Waals surface area contributed by atoms with E-state index in [-0.39, 0.29) is 0 Å². The maximum Gasteiger partial charge on any atom is 0.223 e. The molecule has 3 saturated heterocycles. The average Bonchev–Trinajstić information content (AvgIpc) is 2.96. The number of nitrogens with zero attached hydrogens (tertiary/aromatic N) is 1. The topological polar surface area (TPSA) is 44.4 Å². The highest BCUT2D eigenvalue weighted by Gasteiger charge is 2.37. The lowest BCUT2D eigenvalue weighted by molar-refractivity contribution is -0.130. The lowest BCUT2D eigenvalue weighted by atomic mass is 9.90. The average molecular weight is 223 g/mol. The summed E-state index contributed by atoms with van der Waals surface area (Å²) in [6, 6.07) is 0. The SMILES string of the molecule is O=C1CCCN1C1CC(C2CCNC2)CN1. The molecule has 90 valence electrons. The van der Waals surface area contributed by atoms with Gasteiger partial charge in [-0.05, 0) is 44.2 Å². The zero-order valence-electron chi connectivity index (χ0n) is 9.74. The van der Waals surface area contributed by atoms with Crippen LogP contribution in [-0.4, -0.2) is 43.2 Å². The van der Waals surface area contributed by atoms with E-state index in [9.17, 15) is 4.79 Å². The van der Waals surface area contributed by atoms with Crippen molar-refractivity contribution in [1.29, 1.82) is 0 Å². The van der Waals surface area contributed by atoms with Gasteiger partial charge in [0.25, 0.3) is 0 Å². The molecule has 0 radical (unpaired) electrons. The molecule has 16 heavy (non-hydrogen) atoms. The minimum atomic E-state index is 0.334. The predicted octanol–water partition coefficient (Wildman–Crippen LogP) is 0.154. The molecule has 4 heteroatoms. The van der Waals surface area contributed by atoms with Crippen LogP contribution in [0.1, 0.15) is 25.7 Å². The lowest BCUT2D eigenvalue weighted by Crippen LogP contribution is -2.42. The largest absolute Gasteiger partial charge is 0.327 e. The minimum absolute atomic E-state index is 0.334. The molecule has 0 spiro atoms. The summed E-state index contributed by atoms with van der Waals surface area (Å²) in [5.74, 6) is 1.95. The van der Waals surface area contributed by atoms with E-state index in [2.05, 4.69) is 15.5 Å². The van der Waals surface area contributed by atoms with Crippen molar-refractivity contribution in [3.8, 4) is 0 Å². The van der Waals surface area contributed by atoms with Gasteiger partial charge in [-0.2, -0.15) is 0 Å². The van der Waals surface area contributed by atoms with Crippen LogP contribution >= 0.6 is 0 Å². The molecular weight excluding hydrogens is 202 g/mol. The van der Waals surface area contributed by atoms with Gasteiger partial charge >= 0.3 is 0 Å². The van der Waals surface area contributed by atoms with Gasteiger partial charge in [0.2, 0.25) is 5.91 Å². The third kappa shape index (κ3) is 1.84. The van der Waals surface area contributed by atoms with Gasteiger partial charge in [-0.1, -0.05) is 0 Å². The first-order valence-electron chi connectivity index (χ1n) is 6.58. The van der Waals surface area contributed by atoms with Crippen molar-refractivity contribution >= 4 is 5.91 Å². The first-order chi connectivity index (χ1) is 7.84. The second-order valence-electron chi connectivity index (χ2n) is 5.36. The second kappa shape index (κ2) is 4.34. The van der Waals surface area contributed by atoms with Gasteiger partial charge in [0.1, 0.15) is 0 Å². The Morgan fingerprint density at radius 3 is 2.88 bits per heavy atom. The molecule has 0 aliphatic carbocycles. The van der Waals surface area contributed by atoms with Crippen LogP contribution in [0.3, 0.4) is 0 Å². The molecule has 0 aromatic heterocycles. The number of carbonyl (C=O) groups is 1. The van der Waals surface area contributed by atoms with Gasteiger partial charge in [0, 0.05) is 19.5 Å². The Hall–Kier alpha value is -0.610. The Bertz CT molecular complexity index is 275. The molecule has 0 bridgehead atoms. The molecule has 2 N–H and O–H groups in total. The highest BCUT2D eigenvalue weighted by molar-refractivity contribution is 5.78. The normalized spacial score (nSPS) is 39.9. The van der Waals surface area contributed by atoms with Crippen LogP contribution in [0, 0.1) is 11.8 Å². The number of rotatable bonds is 2. The number of carbonyl (C=O) groups excluding carboxylic acids is 1. The molecular formula is C12H21N3O. The lowest BCUT2D eigenvalue weighted by Gasteiger charge is -2.24. The summed E-state index contributed by atoms with van der Waals surface area (Å²) in [5, 5.41) is 6.97.